The first-order valence-corrected chi connectivity index (χ1v) is 10.5. The zero-order chi connectivity index (χ0) is 20.7. The Balaban J connectivity index is 1.63. The number of hydrogen-bond donors (Lipinski definition) is 1. The minimum atomic E-state index is -0.168. The van der Waals surface area contributed by atoms with Crippen molar-refractivity contribution >= 4 is 43.5 Å². The number of rotatable bonds is 3. The smallest absolute Gasteiger partial charge is 0.258 e. The molecular weight excluding hydrogens is 390 g/mol. The second-order valence-electron chi connectivity index (χ2n) is 7.29. The maximum Gasteiger partial charge on any atom is 0.258 e. The molecule has 0 aliphatic carbocycles. The van der Waals surface area contributed by atoms with Gasteiger partial charge in [-0.1, -0.05) is 65.9 Å². The molecule has 0 saturated carbocycles. The van der Waals surface area contributed by atoms with E-state index < -0.39 is 0 Å². The molecule has 0 aliphatic heterocycles. The van der Waals surface area contributed by atoms with E-state index in [9.17, 15) is 4.79 Å². The summed E-state index contributed by atoms with van der Waals surface area (Å²) in [5.74, 6) is -0.168. The van der Waals surface area contributed by atoms with Crippen LogP contribution in [0, 0.1) is 13.8 Å². The number of carbonyl (C=O) groups is 1. The highest BCUT2D eigenvalue weighted by molar-refractivity contribution is 7.22. The Kier molecular flexibility index (Phi) is 4.52. The first kappa shape index (κ1) is 18.5. The lowest BCUT2D eigenvalue weighted by atomic mass is 9.97. The van der Waals surface area contributed by atoms with Crippen LogP contribution in [-0.2, 0) is 0 Å². The number of carbonyl (C=O) groups excluding carboxylic acids is 1. The SMILES string of the molecule is Cc1ccc2nc(NC(=O)c3c(C)c(-c4ccccc4)nc4ccccc34)sc2c1. The molecular formula is C25H19N3OS. The number of hydrogen-bond acceptors (Lipinski definition) is 4. The number of pyridine rings is 1. The fourth-order valence-corrected chi connectivity index (χ4v) is 4.68. The van der Waals surface area contributed by atoms with Crippen LogP contribution in [0.5, 0.6) is 0 Å². The highest BCUT2D eigenvalue weighted by Gasteiger charge is 2.20. The molecule has 0 saturated heterocycles. The van der Waals surface area contributed by atoms with Crippen molar-refractivity contribution in [2.75, 3.05) is 5.32 Å². The number of nitrogens with zero attached hydrogens (tertiary/aromatic N) is 2. The van der Waals surface area contributed by atoms with E-state index in [0.717, 1.165) is 37.9 Å². The van der Waals surface area contributed by atoms with E-state index in [0.29, 0.717) is 10.7 Å². The van der Waals surface area contributed by atoms with E-state index in [4.69, 9.17) is 4.98 Å². The Hall–Kier alpha value is -3.57. The first-order chi connectivity index (χ1) is 14.6. The molecule has 3 aromatic carbocycles. The van der Waals surface area contributed by atoms with E-state index in [2.05, 4.69) is 23.3 Å². The zero-order valence-corrected chi connectivity index (χ0v) is 17.5. The summed E-state index contributed by atoms with van der Waals surface area (Å²) in [7, 11) is 0. The molecule has 4 nitrogen and oxygen atoms in total. The largest absolute Gasteiger partial charge is 0.298 e. The van der Waals surface area contributed by atoms with Gasteiger partial charge in [-0.15, -0.1) is 0 Å². The van der Waals surface area contributed by atoms with Gasteiger partial charge in [0.15, 0.2) is 5.13 Å². The van der Waals surface area contributed by atoms with E-state index >= 15 is 0 Å². The molecule has 5 rings (SSSR count). The van der Waals surface area contributed by atoms with E-state index in [1.807, 2.05) is 73.7 Å². The Morgan fingerprint density at radius 1 is 0.867 bits per heavy atom. The number of para-hydroxylation sites is 1. The van der Waals surface area contributed by atoms with Crippen molar-refractivity contribution in [2.24, 2.45) is 0 Å². The third kappa shape index (κ3) is 3.23. The summed E-state index contributed by atoms with van der Waals surface area (Å²) in [4.78, 5) is 22.8. The van der Waals surface area contributed by atoms with Crippen LogP contribution in [0.15, 0.2) is 72.8 Å². The maximum absolute atomic E-state index is 13.4. The fourth-order valence-electron chi connectivity index (χ4n) is 3.72. The third-order valence-corrected chi connectivity index (χ3v) is 6.11. The van der Waals surface area contributed by atoms with Crippen molar-refractivity contribution < 1.29 is 4.79 Å². The van der Waals surface area contributed by atoms with E-state index in [1.54, 1.807) is 0 Å². The Bertz CT molecular complexity index is 1410. The molecule has 0 radical (unpaired) electrons. The molecule has 5 aromatic rings. The van der Waals surface area contributed by atoms with Crippen LogP contribution in [0.1, 0.15) is 21.5 Å². The summed E-state index contributed by atoms with van der Waals surface area (Å²) in [5.41, 5.74) is 6.16. The van der Waals surface area contributed by atoms with Gasteiger partial charge in [0.25, 0.3) is 5.91 Å². The quantitative estimate of drug-likeness (QED) is 0.376. The molecule has 2 aromatic heterocycles. The summed E-state index contributed by atoms with van der Waals surface area (Å²) in [6, 6.07) is 23.8. The molecule has 2 heterocycles. The molecule has 0 atom stereocenters. The molecule has 0 fully saturated rings. The van der Waals surface area contributed by atoms with Gasteiger partial charge >= 0.3 is 0 Å². The number of benzene rings is 3. The van der Waals surface area contributed by atoms with E-state index in [-0.39, 0.29) is 5.91 Å². The van der Waals surface area contributed by atoms with Crippen molar-refractivity contribution in [1.82, 2.24) is 9.97 Å². The van der Waals surface area contributed by atoms with Gasteiger partial charge in [-0.3, -0.25) is 10.1 Å². The fraction of sp³-hybridized carbons (Fsp3) is 0.0800. The van der Waals surface area contributed by atoms with Crippen molar-refractivity contribution in [3.63, 3.8) is 0 Å². The summed E-state index contributed by atoms with van der Waals surface area (Å²) in [6.45, 7) is 4.01. The second kappa shape index (κ2) is 7.35. The Morgan fingerprint density at radius 3 is 2.47 bits per heavy atom. The third-order valence-electron chi connectivity index (χ3n) is 5.17. The van der Waals surface area contributed by atoms with E-state index in [1.165, 1.54) is 16.9 Å². The van der Waals surface area contributed by atoms with Gasteiger partial charge in [0, 0.05) is 10.9 Å². The molecule has 0 aliphatic rings. The molecule has 0 spiro atoms. The average molecular weight is 410 g/mol. The maximum atomic E-state index is 13.4. The zero-order valence-electron chi connectivity index (χ0n) is 16.6. The minimum Gasteiger partial charge on any atom is -0.298 e. The Labute approximate surface area is 178 Å². The predicted octanol–water partition coefficient (Wildman–Crippen LogP) is 6.38. The van der Waals surface area contributed by atoms with Gasteiger partial charge in [0.05, 0.1) is 27.0 Å². The lowest BCUT2D eigenvalue weighted by molar-refractivity contribution is 0.102. The Morgan fingerprint density at radius 2 is 1.63 bits per heavy atom. The molecule has 30 heavy (non-hydrogen) atoms. The summed E-state index contributed by atoms with van der Waals surface area (Å²) < 4.78 is 1.06. The average Bonchev–Trinajstić information content (AvgIpc) is 3.15. The lowest BCUT2D eigenvalue weighted by Crippen LogP contribution is -2.15. The standard InChI is InChI=1S/C25H19N3OS/c1-15-12-13-20-21(14-15)30-25(27-20)28-24(29)22-16(2)23(17-8-4-3-5-9-17)26-19-11-7-6-10-18(19)22/h3-14H,1-2H3,(H,27,28,29). The highest BCUT2D eigenvalue weighted by Crippen LogP contribution is 2.31. The highest BCUT2D eigenvalue weighted by atomic mass is 32.1. The van der Waals surface area contributed by atoms with Gasteiger partial charge in [-0.05, 0) is 43.2 Å². The van der Waals surface area contributed by atoms with Crippen LogP contribution in [0.2, 0.25) is 0 Å². The van der Waals surface area contributed by atoms with Crippen LogP contribution >= 0.6 is 11.3 Å². The van der Waals surface area contributed by atoms with Crippen molar-refractivity contribution in [2.45, 2.75) is 13.8 Å². The second-order valence-corrected chi connectivity index (χ2v) is 8.32. The van der Waals surface area contributed by atoms with Crippen LogP contribution in [0.3, 0.4) is 0 Å². The number of aromatic nitrogens is 2. The lowest BCUT2D eigenvalue weighted by Gasteiger charge is -2.14. The summed E-state index contributed by atoms with van der Waals surface area (Å²) >= 11 is 1.49. The van der Waals surface area contributed by atoms with Crippen molar-refractivity contribution in [3.8, 4) is 11.3 Å². The van der Waals surface area contributed by atoms with Crippen molar-refractivity contribution in [3.05, 3.63) is 89.5 Å². The van der Waals surface area contributed by atoms with Gasteiger partial charge < -0.3 is 0 Å². The molecule has 146 valence electrons. The van der Waals surface area contributed by atoms with Crippen LogP contribution in [-0.4, -0.2) is 15.9 Å². The number of thiazole rings is 1. The van der Waals surface area contributed by atoms with Gasteiger partial charge in [-0.2, -0.15) is 0 Å². The predicted molar refractivity (Wildman–Crippen MR) is 124 cm³/mol. The van der Waals surface area contributed by atoms with Crippen LogP contribution in [0.4, 0.5) is 5.13 Å². The monoisotopic (exact) mass is 409 g/mol. The summed E-state index contributed by atoms with van der Waals surface area (Å²) in [6.07, 6.45) is 0. The van der Waals surface area contributed by atoms with Crippen LogP contribution < -0.4 is 5.32 Å². The van der Waals surface area contributed by atoms with Gasteiger partial charge in [0.2, 0.25) is 0 Å². The molecule has 1 amide bonds. The topological polar surface area (TPSA) is 54.9 Å². The normalized spacial score (nSPS) is 11.1. The molecule has 1 N–H and O–H groups in total. The minimum absolute atomic E-state index is 0.168. The van der Waals surface area contributed by atoms with Crippen molar-refractivity contribution in [1.29, 1.82) is 0 Å². The number of aryl methyl sites for hydroxylation is 1. The number of anilines is 1. The first-order valence-electron chi connectivity index (χ1n) is 9.73. The molecule has 0 unspecified atom stereocenters. The number of fused-ring (bicyclic) bond motifs is 2. The van der Waals surface area contributed by atoms with Gasteiger partial charge in [0.1, 0.15) is 0 Å². The molecule has 5 heteroatoms. The summed E-state index contributed by atoms with van der Waals surface area (Å²) in [5, 5.41) is 4.46. The molecule has 0 bridgehead atoms. The van der Waals surface area contributed by atoms with Gasteiger partial charge in [-0.25, -0.2) is 9.97 Å². The van der Waals surface area contributed by atoms with Crippen LogP contribution in [0.25, 0.3) is 32.4 Å². The number of nitrogens with one attached hydrogen (secondary N) is 1. The number of amides is 1.